The van der Waals surface area contributed by atoms with E-state index in [1.165, 1.54) is 4.90 Å². The Kier molecular flexibility index (Phi) is 3.90. The first-order chi connectivity index (χ1) is 15.0. The number of imide groups is 1. The third kappa shape index (κ3) is 2.18. The normalized spacial score (nSPS) is 27.8. The second-order valence-corrected chi connectivity index (χ2v) is 9.61. The summed E-state index contributed by atoms with van der Waals surface area (Å²) >= 11 is 3.55. The summed E-state index contributed by atoms with van der Waals surface area (Å²) in [5.74, 6) is -1.78. The Morgan fingerprint density at radius 3 is 2.13 bits per heavy atom. The standard InChI is InChI=1S/C26H20BrNO3/c1-14-10-11-20(19(27)12-14)28-24(30)22-21-15-6-2-4-8-17(15)26(13-29,23(22)25(28)31)18-9-5-3-7-16(18)21/h2-12,21-23,29H,13H2,1H3/t21?,22-,23+,26?/m0/s1. The van der Waals surface area contributed by atoms with E-state index in [2.05, 4.69) is 15.9 Å². The van der Waals surface area contributed by atoms with Gasteiger partial charge in [-0.1, -0.05) is 54.6 Å². The third-order valence-corrected chi connectivity index (χ3v) is 8.02. The molecule has 0 unspecified atom stereocenters. The van der Waals surface area contributed by atoms with Crippen molar-refractivity contribution in [2.45, 2.75) is 18.3 Å². The van der Waals surface area contributed by atoms with E-state index >= 15 is 0 Å². The maximum Gasteiger partial charge on any atom is 0.239 e. The quantitative estimate of drug-likeness (QED) is 0.564. The number of aliphatic hydroxyl groups excluding tert-OH is 1. The fourth-order valence-corrected chi connectivity index (χ4v) is 6.90. The molecule has 4 aliphatic rings. The van der Waals surface area contributed by atoms with Gasteiger partial charge in [0.2, 0.25) is 11.8 Å². The van der Waals surface area contributed by atoms with Crippen LogP contribution in [0.4, 0.5) is 5.69 Å². The molecule has 5 heteroatoms. The highest BCUT2D eigenvalue weighted by molar-refractivity contribution is 9.10. The van der Waals surface area contributed by atoms with Gasteiger partial charge in [0.25, 0.3) is 0 Å². The molecular formula is C26H20BrNO3. The van der Waals surface area contributed by atoms with E-state index in [9.17, 15) is 14.7 Å². The van der Waals surface area contributed by atoms with Crippen LogP contribution in [0, 0.1) is 18.8 Å². The highest BCUT2D eigenvalue weighted by Crippen LogP contribution is 2.64. The highest BCUT2D eigenvalue weighted by Gasteiger charge is 2.68. The van der Waals surface area contributed by atoms with Crippen molar-refractivity contribution in [2.75, 3.05) is 11.5 Å². The molecule has 7 rings (SSSR count). The van der Waals surface area contributed by atoms with Crippen LogP contribution in [-0.2, 0) is 15.0 Å². The minimum absolute atomic E-state index is 0.189. The number of anilines is 1. The predicted molar refractivity (Wildman–Crippen MR) is 121 cm³/mol. The fraction of sp³-hybridized carbons (Fsp3) is 0.231. The summed E-state index contributed by atoms with van der Waals surface area (Å²) in [6.07, 6.45) is 0. The molecule has 0 saturated carbocycles. The van der Waals surface area contributed by atoms with Crippen molar-refractivity contribution in [1.82, 2.24) is 0 Å². The minimum Gasteiger partial charge on any atom is -0.395 e. The topological polar surface area (TPSA) is 57.6 Å². The molecule has 0 radical (unpaired) electrons. The average Bonchev–Trinajstić information content (AvgIpc) is 3.05. The van der Waals surface area contributed by atoms with E-state index in [0.717, 1.165) is 27.8 Å². The zero-order chi connectivity index (χ0) is 21.5. The summed E-state index contributed by atoms with van der Waals surface area (Å²) in [7, 11) is 0. The van der Waals surface area contributed by atoms with Crippen LogP contribution in [0.2, 0.25) is 0 Å². The van der Waals surface area contributed by atoms with Crippen molar-refractivity contribution in [3.05, 3.63) is 99.0 Å². The van der Waals surface area contributed by atoms with Crippen LogP contribution in [0.3, 0.4) is 0 Å². The minimum atomic E-state index is -0.925. The lowest BCUT2D eigenvalue weighted by molar-refractivity contribution is -0.124. The number of aliphatic hydroxyl groups is 1. The van der Waals surface area contributed by atoms with E-state index in [-0.39, 0.29) is 24.3 Å². The van der Waals surface area contributed by atoms with Gasteiger partial charge in [-0.15, -0.1) is 0 Å². The molecule has 3 aromatic carbocycles. The van der Waals surface area contributed by atoms with Gasteiger partial charge in [0.05, 0.1) is 29.5 Å². The van der Waals surface area contributed by atoms with Crippen LogP contribution in [0.15, 0.2) is 71.2 Å². The van der Waals surface area contributed by atoms with Crippen LogP contribution in [0.1, 0.15) is 33.7 Å². The lowest BCUT2D eigenvalue weighted by atomic mass is 9.47. The molecule has 4 nitrogen and oxygen atoms in total. The predicted octanol–water partition coefficient (Wildman–Crippen LogP) is 4.30. The first-order valence-electron chi connectivity index (χ1n) is 10.4. The van der Waals surface area contributed by atoms with E-state index in [1.54, 1.807) is 0 Å². The van der Waals surface area contributed by atoms with Gasteiger partial charge >= 0.3 is 0 Å². The van der Waals surface area contributed by atoms with E-state index in [0.29, 0.717) is 10.2 Å². The third-order valence-electron chi connectivity index (χ3n) is 7.39. The lowest BCUT2D eigenvalue weighted by Gasteiger charge is -2.53. The largest absolute Gasteiger partial charge is 0.395 e. The number of benzene rings is 3. The van der Waals surface area contributed by atoms with Crippen molar-refractivity contribution < 1.29 is 14.7 Å². The van der Waals surface area contributed by atoms with Crippen LogP contribution in [-0.4, -0.2) is 23.5 Å². The smallest absolute Gasteiger partial charge is 0.239 e. The number of hydrogen-bond acceptors (Lipinski definition) is 3. The molecule has 0 aromatic heterocycles. The number of carbonyl (C=O) groups is 2. The summed E-state index contributed by atoms with van der Waals surface area (Å²) in [4.78, 5) is 29.1. The average molecular weight is 474 g/mol. The number of nitrogens with zero attached hydrogens (tertiary/aromatic N) is 1. The molecule has 154 valence electrons. The van der Waals surface area contributed by atoms with Gasteiger partial charge in [-0.3, -0.25) is 9.59 Å². The number of carbonyl (C=O) groups excluding carboxylic acids is 2. The molecule has 31 heavy (non-hydrogen) atoms. The highest BCUT2D eigenvalue weighted by atomic mass is 79.9. The Balaban J connectivity index is 1.64. The maximum absolute atomic E-state index is 13.9. The summed E-state index contributed by atoms with van der Waals surface area (Å²) in [6.45, 7) is 1.74. The van der Waals surface area contributed by atoms with E-state index in [4.69, 9.17) is 0 Å². The Labute approximate surface area is 188 Å². The maximum atomic E-state index is 13.9. The van der Waals surface area contributed by atoms with Gasteiger partial charge in [0.1, 0.15) is 0 Å². The Morgan fingerprint density at radius 1 is 0.935 bits per heavy atom. The Hall–Kier alpha value is -2.76. The van der Waals surface area contributed by atoms with E-state index in [1.807, 2.05) is 73.7 Å². The van der Waals surface area contributed by atoms with Crippen molar-refractivity contribution in [3.8, 4) is 0 Å². The number of rotatable bonds is 2. The van der Waals surface area contributed by atoms with Crippen molar-refractivity contribution in [3.63, 3.8) is 0 Å². The van der Waals surface area contributed by atoms with Gasteiger partial charge in [-0.2, -0.15) is 0 Å². The Bertz CT molecular complexity index is 1240. The van der Waals surface area contributed by atoms with Gasteiger partial charge in [0.15, 0.2) is 0 Å². The van der Waals surface area contributed by atoms with Crippen LogP contribution in [0.25, 0.3) is 0 Å². The molecule has 1 N–H and O–H groups in total. The SMILES string of the molecule is Cc1ccc(N2C(=O)[C@H]3C4c5ccccc5C(CO)(c5ccccc54)[C@H]3C2=O)c(Br)c1. The first-order valence-corrected chi connectivity index (χ1v) is 11.2. The monoisotopic (exact) mass is 473 g/mol. The molecule has 3 aromatic rings. The number of hydrogen-bond donors (Lipinski definition) is 1. The zero-order valence-electron chi connectivity index (χ0n) is 16.9. The molecule has 1 heterocycles. The fourth-order valence-electron chi connectivity index (χ4n) is 6.23. The van der Waals surface area contributed by atoms with Crippen LogP contribution in [0.5, 0.6) is 0 Å². The van der Waals surface area contributed by atoms with Gasteiger partial charge in [0, 0.05) is 10.4 Å². The molecule has 0 spiro atoms. The molecule has 2 amide bonds. The Morgan fingerprint density at radius 2 is 1.55 bits per heavy atom. The number of halogens is 1. The summed E-state index contributed by atoms with van der Waals surface area (Å²) in [5, 5.41) is 10.9. The molecule has 2 atom stereocenters. The molecular weight excluding hydrogens is 454 g/mol. The summed E-state index contributed by atoms with van der Waals surface area (Å²) < 4.78 is 0.716. The molecule has 1 fully saturated rings. The van der Waals surface area contributed by atoms with Gasteiger partial charge in [-0.05, 0) is 62.8 Å². The van der Waals surface area contributed by atoms with Crippen molar-refractivity contribution in [1.29, 1.82) is 0 Å². The number of aryl methyl sites for hydroxylation is 1. The van der Waals surface area contributed by atoms with Crippen molar-refractivity contribution in [2.24, 2.45) is 11.8 Å². The van der Waals surface area contributed by atoms with Gasteiger partial charge < -0.3 is 5.11 Å². The van der Waals surface area contributed by atoms with Gasteiger partial charge in [-0.25, -0.2) is 4.90 Å². The molecule has 1 aliphatic heterocycles. The van der Waals surface area contributed by atoms with Crippen molar-refractivity contribution >= 4 is 33.4 Å². The molecule has 1 saturated heterocycles. The number of amides is 2. The summed E-state index contributed by atoms with van der Waals surface area (Å²) in [5.41, 5.74) is 4.70. The second kappa shape index (κ2) is 6.38. The molecule has 2 bridgehead atoms. The molecule has 3 aliphatic carbocycles. The summed E-state index contributed by atoms with van der Waals surface area (Å²) in [6, 6.07) is 21.6. The lowest BCUT2D eigenvalue weighted by Crippen LogP contribution is -2.55. The van der Waals surface area contributed by atoms with Crippen LogP contribution < -0.4 is 4.90 Å². The first kappa shape index (κ1) is 19.0. The van der Waals surface area contributed by atoms with E-state index < -0.39 is 17.3 Å². The van der Waals surface area contributed by atoms with Crippen LogP contribution >= 0.6 is 15.9 Å². The second-order valence-electron chi connectivity index (χ2n) is 8.75. The zero-order valence-corrected chi connectivity index (χ0v) is 18.5.